The number of carbonyl (C=O) groups is 1. The molecule has 4 heteroatoms. The van der Waals surface area contributed by atoms with E-state index in [1.54, 1.807) is 7.11 Å². The fourth-order valence-electron chi connectivity index (χ4n) is 3.79. The molecule has 0 N–H and O–H groups in total. The van der Waals surface area contributed by atoms with Crippen molar-refractivity contribution in [1.29, 1.82) is 0 Å². The molecule has 0 aliphatic carbocycles. The highest BCUT2D eigenvalue weighted by Gasteiger charge is 2.23. The van der Waals surface area contributed by atoms with Gasteiger partial charge in [0, 0.05) is 24.1 Å². The van der Waals surface area contributed by atoms with E-state index in [1.807, 2.05) is 30.3 Å². The van der Waals surface area contributed by atoms with Gasteiger partial charge in [-0.2, -0.15) is 0 Å². The maximum absolute atomic E-state index is 12.2. The van der Waals surface area contributed by atoms with Crippen LogP contribution < -0.4 is 4.74 Å². The molecule has 0 bridgehead atoms. The van der Waals surface area contributed by atoms with Gasteiger partial charge in [0.05, 0.1) is 18.1 Å². The molecule has 0 amide bonds. The van der Waals surface area contributed by atoms with E-state index in [0.29, 0.717) is 13.0 Å². The second-order valence-electron chi connectivity index (χ2n) is 6.74. The third-order valence-corrected chi connectivity index (χ3v) is 5.20. The summed E-state index contributed by atoms with van der Waals surface area (Å²) >= 11 is 0. The van der Waals surface area contributed by atoms with Crippen molar-refractivity contribution in [2.24, 2.45) is 0 Å². The van der Waals surface area contributed by atoms with Crippen LogP contribution in [0.4, 0.5) is 0 Å². The van der Waals surface area contributed by atoms with Gasteiger partial charge in [-0.15, -0.1) is 0 Å². The normalized spacial score (nSPS) is 13.1. The number of hydrogen-bond donors (Lipinski definition) is 0. The fraction of sp³-hybridized carbons (Fsp3) is 0.130. The van der Waals surface area contributed by atoms with E-state index in [2.05, 4.69) is 41.0 Å². The Kier molecular flexibility index (Phi) is 3.57. The molecule has 4 nitrogen and oxygen atoms in total. The molecule has 3 aromatic carbocycles. The Balaban J connectivity index is 1.57. The van der Waals surface area contributed by atoms with Crippen LogP contribution in [0.25, 0.3) is 33.5 Å². The first-order valence-electron chi connectivity index (χ1n) is 9.02. The Morgan fingerprint density at radius 3 is 2.26 bits per heavy atom. The van der Waals surface area contributed by atoms with E-state index in [0.717, 1.165) is 44.9 Å². The zero-order chi connectivity index (χ0) is 18.4. The number of nitrogens with zero attached hydrogens (tertiary/aromatic N) is 2. The molecule has 0 radical (unpaired) electrons. The van der Waals surface area contributed by atoms with Crippen molar-refractivity contribution in [2.45, 2.75) is 13.0 Å². The summed E-state index contributed by atoms with van der Waals surface area (Å²) in [6, 6.07) is 22.2. The lowest BCUT2D eigenvalue weighted by atomic mass is 10.0. The van der Waals surface area contributed by atoms with Crippen LogP contribution in [0.1, 0.15) is 16.8 Å². The SMILES string of the molecule is COc1ccc(-c2ccc(-c3nc4cccc5c4n3CCC5=O)cc2)cc1. The largest absolute Gasteiger partial charge is 0.497 e. The van der Waals surface area contributed by atoms with Gasteiger partial charge in [0.15, 0.2) is 5.78 Å². The van der Waals surface area contributed by atoms with Crippen LogP contribution in [0.3, 0.4) is 0 Å². The summed E-state index contributed by atoms with van der Waals surface area (Å²) in [5, 5.41) is 0. The molecule has 132 valence electrons. The van der Waals surface area contributed by atoms with Gasteiger partial charge < -0.3 is 9.30 Å². The minimum atomic E-state index is 0.203. The van der Waals surface area contributed by atoms with Crippen molar-refractivity contribution in [2.75, 3.05) is 7.11 Å². The summed E-state index contributed by atoms with van der Waals surface area (Å²) < 4.78 is 7.40. The topological polar surface area (TPSA) is 44.1 Å². The van der Waals surface area contributed by atoms with E-state index >= 15 is 0 Å². The van der Waals surface area contributed by atoms with Gasteiger partial charge in [-0.3, -0.25) is 4.79 Å². The molecule has 1 aliphatic rings. The first kappa shape index (κ1) is 15.8. The summed E-state index contributed by atoms with van der Waals surface area (Å²) in [6.45, 7) is 0.682. The van der Waals surface area contributed by atoms with Gasteiger partial charge in [0.1, 0.15) is 11.6 Å². The van der Waals surface area contributed by atoms with Crippen LogP contribution in [-0.2, 0) is 6.54 Å². The number of rotatable bonds is 3. The molecular weight excluding hydrogens is 336 g/mol. The molecule has 5 rings (SSSR count). The van der Waals surface area contributed by atoms with Gasteiger partial charge in [-0.1, -0.05) is 42.5 Å². The number of carbonyl (C=O) groups excluding carboxylic acids is 1. The monoisotopic (exact) mass is 354 g/mol. The van der Waals surface area contributed by atoms with Crippen LogP contribution in [0.2, 0.25) is 0 Å². The molecule has 0 atom stereocenters. The van der Waals surface area contributed by atoms with Gasteiger partial charge >= 0.3 is 0 Å². The van der Waals surface area contributed by atoms with Crippen molar-refractivity contribution in [3.8, 4) is 28.3 Å². The number of aromatic nitrogens is 2. The number of aryl methyl sites for hydroxylation is 1. The number of ether oxygens (including phenoxy) is 1. The van der Waals surface area contributed by atoms with Crippen molar-refractivity contribution >= 4 is 16.8 Å². The summed E-state index contributed by atoms with van der Waals surface area (Å²) in [5.41, 5.74) is 5.98. The molecule has 0 spiro atoms. The zero-order valence-corrected chi connectivity index (χ0v) is 15.0. The third-order valence-electron chi connectivity index (χ3n) is 5.20. The Hall–Kier alpha value is -3.40. The van der Waals surface area contributed by atoms with Gasteiger partial charge in [0.2, 0.25) is 0 Å². The molecular formula is C23H18N2O2. The predicted molar refractivity (Wildman–Crippen MR) is 106 cm³/mol. The molecule has 2 heterocycles. The van der Waals surface area contributed by atoms with Crippen molar-refractivity contribution in [3.63, 3.8) is 0 Å². The average Bonchev–Trinajstić information content (AvgIpc) is 3.11. The van der Waals surface area contributed by atoms with Crippen LogP contribution >= 0.6 is 0 Å². The first-order valence-corrected chi connectivity index (χ1v) is 9.02. The van der Waals surface area contributed by atoms with Gasteiger partial charge in [0.25, 0.3) is 0 Å². The summed E-state index contributed by atoms with van der Waals surface area (Å²) in [4.78, 5) is 17.0. The van der Waals surface area contributed by atoms with Crippen molar-refractivity contribution in [3.05, 3.63) is 72.3 Å². The predicted octanol–water partition coefficient (Wildman–Crippen LogP) is 4.97. The Labute approximate surface area is 157 Å². The van der Waals surface area contributed by atoms with Gasteiger partial charge in [-0.25, -0.2) is 4.98 Å². The van der Waals surface area contributed by atoms with E-state index in [4.69, 9.17) is 9.72 Å². The molecule has 4 aromatic rings. The first-order chi connectivity index (χ1) is 13.2. The Morgan fingerprint density at radius 1 is 0.889 bits per heavy atom. The third kappa shape index (κ3) is 2.53. The molecule has 1 aliphatic heterocycles. The van der Waals surface area contributed by atoms with E-state index in [9.17, 15) is 4.79 Å². The highest BCUT2D eigenvalue weighted by molar-refractivity contribution is 6.08. The highest BCUT2D eigenvalue weighted by atomic mass is 16.5. The summed E-state index contributed by atoms with van der Waals surface area (Å²) in [5.74, 6) is 1.98. The van der Waals surface area contributed by atoms with Gasteiger partial charge in [-0.05, 0) is 35.4 Å². The highest BCUT2D eigenvalue weighted by Crippen LogP contribution is 2.32. The molecule has 0 saturated carbocycles. The van der Waals surface area contributed by atoms with Crippen LogP contribution in [0.15, 0.2) is 66.7 Å². The number of imidazole rings is 1. The number of Topliss-reactive ketones (excluding diaryl/α,β-unsaturated/α-hetero) is 1. The van der Waals surface area contributed by atoms with Crippen LogP contribution in [0, 0.1) is 0 Å². The number of para-hydroxylation sites is 1. The van der Waals surface area contributed by atoms with E-state index in [1.165, 1.54) is 0 Å². The standard InChI is InChI=1S/C23H18N2O2/c1-27-18-11-9-16(10-12-18)15-5-7-17(8-6-15)23-24-20-4-2-3-19-21(26)13-14-25(23)22(19)20/h2-12H,13-14H2,1H3. The quantitative estimate of drug-likeness (QED) is 0.522. The molecule has 1 aromatic heterocycles. The maximum Gasteiger partial charge on any atom is 0.166 e. The van der Waals surface area contributed by atoms with E-state index < -0.39 is 0 Å². The van der Waals surface area contributed by atoms with E-state index in [-0.39, 0.29) is 5.78 Å². The minimum absolute atomic E-state index is 0.203. The Bertz CT molecular complexity index is 1160. The molecule has 0 saturated heterocycles. The maximum atomic E-state index is 12.2. The summed E-state index contributed by atoms with van der Waals surface area (Å²) in [6.07, 6.45) is 0.527. The lowest BCUT2D eigenvalue weighted by Gasteiger charge is -2.16. The zero-order valence-electron chi connectivity index (χ0n) is 15.0. The number of benzene rings is 3. The van der Waals surface area contributed by atoms with Crippen LogP contribution in [0.5, 0.6) is 5.75 Å². The fourth-order valence-corrected chi connectivity index (χ4v) is 3.79. The smallest absolute Gasteiger partial charge is 0.166 e. The lowest BCUT2D eigenvalue weighted by molar-refractivity contribution is 0.0973. The van der Waals surface area contributed by atoms with Crippen molar-refractivity contribution in [1.82, 2.24) is 9.55 Å². The second kappa shape index (κ2) is 6.09. The second-order valence-corrected chi connectivity index (χ2v) is 6.74. The minimum Gasteiger partial charge on any atom is -0.497 e. The van der Waals surface area contributed by atoms with Crippen LogP contribution in [-0.4, -0.2) is 22.4 Å². The number of hydrogen-bond acceptors (Lipinski definition) is 3. The Morgan fingerprint density at radius 2 is 1.56 bits per heavy atom. The average molecular weight is 354 g/mol. The molecule has 27 heavy (non-hydrogen) atoms. The molecule has 0 fully saturated rings. The molecule has 0 unspecified atom stereocenters. The lowest BCUT2D eigenvalue weighted by Crippen LogP contribution is -2.14. The summed E-state index contributed by atoms with van der Waals surface area (Å²) in [7, 11) is 1.67. The number of methoxy groups -OCH3 is 1. The number of ketones is 1. The van der Waals surface area contributed by atoms with Crippen molar-refractivity contribution < 1.29 is 9.53 Å².